The van der Waals surface area contributed by atoms with Crippen molar-refractivity contribution >= 4 is 23.2 Å². The zero-order valence-corrected chi connectivity index (χ0v) is 13.5. The summed E-state index contributed by atoms with van der Waals surface area (Å²) in [4.78, 5) is 12.5. The third-order valence-electron chi connectivity index (χ3n) is 4.59. The molecule has 4 nitrogen and oxygen atoms in total. The molecule has 5 heteroatoms. The Labute approximate surface area is 131 Å². The number of anilines is 1. The first kappa shape index (κ1) is 16.0. The van der Waals surface area contributed by atoms with E-state index in [1.54, 1.807) is 12.1 Å². The number of nitrogens with one attached hydrogen (secondary N) is 1. The SMILES string of the molecule is COc1cc(N)c(Cl)cc1C(=O)NC1CCCC(C)C1C. The minimum atomic E-state index is -0.153. The molecule has 0 saturated heterocycles. The van der Waals surface area contributed by atoms with Gasteiger partial charge in [0.2, 0.25) is 0 Å². The van der Waals surface area contributed by atoms with Crippen LogP contribution in [0.3, 0.4) is 0 Å². The number of carbonyl (C=O) groups excluding carboxylic acids is 1. The Morgan fingerprint density at radius 3 is 2.76 bits per heavy atom. The van der Waals surface area contributed by atoms with E-state index in [0.717, 1.165) is 12.8 Å². The lowest BCUT2D eigenvalue weighted by Crippen LogP contribution is -2.43. The van der Waals surface area contributed by atoms with E-state index < -0.39 is 0 Å². The van der Waals surface area contributed by atoms with Gasteiger partial charge in [0.15, 0.2) is 0 Å². The first-order chi connectivity index (χ1) is 9.93. The van der Waals surface area contributed by atoms with Gasteiger partial charge in [0, 0.05) is 12.1 Å². The van der Waals surface area contributed by atoms with Crippen LogP contribution in [0.4, 0.5) is 5.69 Å². The number of hydrogen-bond acceptors (Lipinski definition) is 3. The van der Waals surface area contributed by atoms with Gasteiger partial charge in [-0.25, -0.2) is 0 Å². The largest absolute Gasteiger partial charge is 0.496 e. The maximum atomic E-state index is 12.5. The van der Waals surface area contributed by atoms with Crippen molar-refractivity contribution in [3.05, 3.63) is 22.7 Å². The van der Waals surface area contributed by atoms with Crippen molar-refractivity contribution in [2.45, 2.75) is 39.2 Å². The third kappa shape index (κ3) is 3.43. The van der Waals surface area contributed by atoms with Crippen molar-refractivity contribution in [3.8, 4) is 5.75 Å². The number of nitrogens with two attached hydrogens (primary N) is 1. The van der Waals surface area contributed by atoms with E-state index in [0.29, 0.717) is 33.9 Å². The van der Waals surface area contributed by atoms with Crippen molar-refractivity contribution in [2.75, 3.05) is 12.8 Å². The summed E-state index contributed by atoms with van der Waals surface area (Å²) in [5, 5.41) is 3.49. The summed E-state index contributed by atoms with van der Waals surface area (Å²) in [6, 6.07) is 3.36. The van der Waals surface area contributed by atoms with Gasteiger partial charge in [-0.1, -0.05) is 38.3 Å². The molecule has 1 aromatic carbocycles. The van der Waals surface area contributed by atoms with E-state index in [-0.39, 0.29) is 11.9 Å². The van der Waals surface area contributed by atoms with Crippen LogP contribution in [0.1, 0.15) is 43.5 Å². The highest BCUT2D eigenvalue weighted by Crippen LogP contribution is 2.31. The smallest absolute Gasteiger partial charge is 0.255 e. The average Bonchev–Trinajstić information content (AvgIpc) is 2.46. The average molecular weight is 311 g/mol. The van der Waals surface area contributed by atoms with Crippen LogP contribution in [-0.2, 0) is 0 Å². The molecule has 0 radical (unpaired) electrons. The molecule has 21 heavy (non-hydrogen) atoms. The molecule has 1 fully saturated rings. The number of amides is 1. The number of halogens is 1. The summed E-state index contributed by atoms with van der Waals surface area (Å²) in [5.74, 6) is 1.39. The van der Waals surface area contributed by atoms with Gasteiger partial charge in [-0.2, -0.15) is 0 Å². The second-order valence-corrected chi connectivity index (χ2v) is 6.33. The molecule has 1 saturated carbocycles. The van der Waals surface area contributed by atoms with Gasteiger partial charge in [0.05, 0.1) is 23.4 Å². The van der Waals surface area contributed by atoms with E-state index in [2.05, 4.69) is 19.2 Å². The summed E-state index contributed by atoms with van der Waals surface area (Å²) in [7, 11) is 1.52. The first-order valence-corrected chi connectivity index (χ1v) is 7.75. The van der Waals surface area contributed by atoms with Gasteiger partial charge in [-0.15, -0.1) is 0 Å². The van der Waals surface area contributed by atoms with Gasteiger partial charge in [0.25, 0.3) is 5.91 Å². The molecule has 3 unspecified atom stereocenters. The second-order valence-electron chi connectivity index (χ2n) is 5.92. The molecule has 2 rings (SSSR count). The van der Waals surface area contributed by atoms with Crippen LogP contribution in [0.15, 0.2) is 12.1 Å². The van der Waals surface area contributed by atoms with Gasteiger partial charge >= 0.3 is 0 Å². The van der Waals surface area contributed by atoms with Crippen LogP contribution in [-0.4, -0.2) is 19.1 Å². The van der Waals surface area contributed by atoms with Crippen LogP contribution in [0, 0.1) is 11.8 Å². The molecule has 3 atom stereocenters. The van der Waals surface area contributed by atoms with Crippen molar-refractivity contribution in [2.24, 2.45) is 11.8 Å². The fourth-order valence-electron chi connectivity index (χ4n) is 2.95. The Bertz CT molecular complexity index is 533. The first-order valence-electron chi connectivity index (χ1n) is 7.38. The quantitative estimate of drug-likeness (QED) is 0.840. The van der Waals surface area contributed by atoms with Gasteiger partial charge < -0.3 is 15.8 Å². The molecule has 1 aromatic rings. The number of rotatable bonds is 3. The van der Waals surface area contributed by atoms with Gasteiger partial charge in [-0.3, -0.25) is 4.79 Å². The van der Waals surface area contributed by atoms with E-state index in [9.17, 15) is 4.79 Å². The van der Waals surface area contributed by atoms with Crippen molar-refractivity contribution in [3.63, 3.8) is 0 Å². The van der Waals surface area contributed by atoms with E-state index in [4.69, 9.17) is 22.1 Å². The summed E-state index contributed by atoms with van der Waals surface area (Å²) >= 11 is 6.02. The second kappa shape index (κ2) is 6.56. The molecular formula is C16H23ClN2O2. The maximum Gasteiger partial charge on any atom is 0.255 e. The number of carbonyl (C=O) groups is 1. The molecule has 0 spiro atoms. The molecule has 3 N–H and O–H groups in total. The lowest BCUT2D eigenvalue weighted by molar-refractivity contribution is 0.0888. The number of methoxy groups -OCH3 is 1. The number of hydrogen-bond donors (Lipinski definition) is 2. The minimum absolute atomic E-state index is 0.153. The molecule has 0 aromatic heterocycles. The van der Waals surface area contributed by atoms with E-state index >= 15 is 0 Å². The Balaban J connectivity index is 2.18. The zero-order valence-electron chi connectivity index (χ0n) is 12.8. The highest BCUT2D eigenvalue weighted by molar-refractivity contribution is 6.33. The van der Waals surface area contributed by atoms with Crippen molar-refractivity contribution in [1.29, 1.82) is 0 Å². The Hall–Kier alpha value is -1.42. The molecule has 1 aliphatic rings. The van der Waals surface area contributed by atoms with Gasteiger partial charge in [-0.05, 0) is 24.3 Å². The summed E-state index contributed by atoms with van der Waals surface area (Å²) in [6.45, 7) is 4.44. The van der Waals surface area contributed by atoms with Crippen LogP contribution in [0.2, 0.25) is 5.02 Å². The minimum Gasteiger partial charge on any atom is -0.496 e. The number of benzene rings is 1. The highest BCUT2D eigenvalue weighted by atomic mass is 35.5. The molecule has 0 aliphatic heterocycles. The number of ether oxygens (including phenoxy) is 1. The van der Waals surface area contributed by atoms with E-state index in [1.807, 2.05) is 0 Å². The molecule has 0 heterocycles. The Kier molecular flexibility index (Phi) is 4.99. The monoisotopic (exact) mass is 310 g/mol. The van der Waals surface area contributed by atoms with Crippen molar-refractivity contribution in [1.82, 2.24) is 5.32 Å². The normalized spacial score (nSPS) is 25.4. The van der Waals surface area contributed by atoms with Crippen LogP contribution < -0.4 is 15.8 Å². The lowest BCUT2D eigenvalue weighted by Gasteiger charge is -2.34. The lowest BCUT2D eigenvalue weighted by atomic mass is 9.78. The van der Waals surface area contributed by atoms with Crippen LogP contribution >= 0.6 is 11.6 Å². The summed E-state index contributed by atoms with van der Waals surface area (Å²) in [6.07, 6.45) is 3.39. The number of nitrogen functional groups attached to an aromatic ring is 1. The zero-order chi connectivity index (χ0) is 15.6. The topological polar surface area (TPSA) is 64.3 Å². The Morgan fingerprint density at radius 2 is 2.10 bits per heavy atom. The Morgan fingerprint density at radius 1 is 1.38 bits per heavy atom. The van der Waals surface area contributed by atoms with E-state index in [1.165, 1.54) is 13.5 Å². The van der Waals surface area contributed by atoms with Crippen LogP contribution in [0.25, 0.3) is 0 Å². The van der Waals surface area contributed by atoms with Gasteiger partial charge in [0.1, 0.15) is 5.75 Å². The highest BCUT2D eigenvalue weighted by Gasteiger charge is 2.29. The molecule has 116 valence electrons. The molecular weight excluding hydrogens is 288 g/mol. The standard InChI is InChI=1S/C16H23ClN2O2/c1-9-5-4-6-14(10(9)2)19-16(20)11-7-12(17)13(18)8-15(11)21-3/h7-10,14H,4-6,18H2,1-3H3,(H,19,20). The maximum absolute atomic E-state index is 12.5. The predicted octanol–water partition coefficient (Wildman–Crippen LogP) is 3.49. The summed E-state index contributed by atoms with van der Waals surface area (Å²) < 4.78 is 5.24. The van der Waals surface area contributed by atoms with Crippen LogP contribution in [0.5, 0.6) is 5.75 Å². The molecule has 1 amide bonds. The predicted molar refractivity (Wildman–Crippen MR) is 85.8 cm³/mol. The van der Waals surface area contributed by atoms with Crippen molar-refractivity contribution < 1.29 is 9.53 Å². The summed E-state index contributed by atoms with van der Waals surface area (Å²) in [5.41, 5.74) is 6.59. The fourth-order valence-corrected chi connectivity index (χ4v) is 3.11. The molecule has 1 aliphatic carbocycles. The fraction of sp³-hybridized carbons (Fsp3) is 0.562. The molecule has 0 bridgehead atoms. The third-order valence-corrected chi connectivity index (χ3v) is 4.91.